The number of nitro benzene ring substituents is 1. The Kier molecular flexibility index (Phi) is 2.44. The number of nitrogens with zero attached hydrogens (tertiary/aromatic N) is 1. The van der Waals surface area contributed by atoms with Gasteiger partial charge in [-0.1, -0.05) is 18.7 Å². The first-order valence-electron chi connectivity index (χ1n) is 4.81. The Balaban J connectivity index is 2.20. The van der Waals surface area contributed by atoms with Crippen LogP contribution in [-0.4, -0.2) is 10.8 Å². The third-order valence-corrected chi connectivity index (χ3v) is 2.58. The highest BCUT2D eigenvalue weighted by atomic mass is 16.6. The van der Waals surface area contributed by atoms with Crippen LogP contribution < -0.4 is 5.32 Å². The van der Waals surface area contributed by atoms with E-state index in [1.54, 1.807) is 12.1 Å². The van der Waals surface area contributed by atoms with Gasteiger partial charge in [0.2, 0.25) is 5.91 Å². The standard InChI is InChI=1S/C11H10N2O3/c1-7-6-10(12-11(7)14)8-2-4-9(5-3-8)13(15)16/h2-5,10H,1,6H2,(H,12,14)/t10-/m0/s1. The van der Waals surface area contributed by atoms with Gasteiger partial charge in [-0.3, -0.25) is 14.9 Å². The van der Waals surface area contributed by atoms with Crippen LogP contribution in [0.2, 0.25) is 0 Å². The number of carbonyl (C=O) groups excluding carboxylic acids is 1. The molecule has 0 radical (unpaired) electrons. The van der Waals surface area contributed by atoms with Crippen molar-refractivity contribution in [1.82, 2.24) is 5.32 Å². The minimum absolute atomic E-state index is 0.0481. The molecule has 82 valence electrons. The number of rotatable bonds is 2. The Bertz CT molecular complexity index is 449. The maximum absolute atomic E-state index is 11.2. The summed E-state index contributed by atoms with van der Waals surface area (Å²) >= 11 is 0. The molecule has 1 aliphatic rings. The summed E-state index contributed by atoms with van der Waals surface area (Å²) in [5.74, 6) is -0.150. The molecule has 1 heterocycles. The molecule has 0 aliphatic carbocycles. The fourth-order valence-corrected chi connectivity index (χ4v) is 1.68. The Morgan fingerprint density at radius 2 is 2.00 bits per heavy atom. The highest BCUT2D eigenvalue weighted by molar-refractivity contribution is 5.95. The van der Waals surface area contributed by atoms with Crippen molar-refractivity contribution in [3.8, 4) is 0 Å². The van der Waals surface area contributed by atoms with Crippen LogP contribution in [-0.2, 0) is 4.79 Å². The first-order valence-corrected chi connectivity index (χ1v) is 4.81. The molecule has 1 aromatic rings. The summed E-state index contributed by atoms with van der Waals surface area (Å²) in [6.07, 6.45) is 0.552. The van der Waals surface area contributed by atoms with Crippen molar-refractivity contribution in [3.63, 3.8) is 0 Å². The van der Waals surface area contributed by atoms with Crippen molar-refractivity contribution < 1.29 is 9.72 Å². The maximum atomic E-state index is 11.2. The molecule has 1 atom stereocenters. The lowest BCUT2D eigenvalue weighted by atomic mass is 10.0. The second kappa shape index (κ2) is 3.77. The molecule has 0 spiro atoms. The number of nitrogens with one attached hydrogen (secondary N) is 1. The maximum Gasteiger partial charge on any atom is 0.269 e. The van der Waals surface area contributed by atoms with Gasteiger partial charge in [0.1, 0.15) is 0 Å². The number of nitro groups is 1. The Labute approximate surface area is 91.9 Å². The minimum Gasteiger partial charge on any atom is -0.345 e. The van der Waals surface area contributed by atoms with Crippen molar-refractivity contribution >= 4 is 11.6 Å². The highest BCUT2D eigenvalue weighted by Crippen LogP contribution is 2.27. The fraction of sp³-hybridized carbons (Fsp3) is 0.182. The van der Waals surface area contributed by atoms with E-state index in [1.165, 1.54) is 12.1 Å². The molecule has 1 fully saturated rings. The topological polar surface area (TPSA) is 72.2 Å². The summed E-state index contributed by atoms with van der Waals surface area (Å²) in [6, 6.07) is 6.06. The van der Waals surface area contributed by atoms with E-state index in [0.717, 1.165) is 5.56 Å². The molecular weight excluding hydrogens is 208 g/mol. The van der Waals surface area contributed by atoms with E-state index in [4.69, 9.17) is 0 Å². The molecule has 1 amide bonds. The molecule has 5 heteroatoms. The summed E-state index contributed by atoms with van der Waals surface area (Å²) in [5.41, 5.74) is 1.45. The summed E-state index contributed by atoms with van der Waals surface area (Å²) in [4.78, 5) is 21.2. The zero-order chi connectivity index (χ0) is 11.7. The van der Waals surface area contributed by atoms with E-state index >= 15 is 0 Å². The van der Waals surface area contributed by atoms with Gasteiger partial charge in [0.15, 0.2) is 0 Å². The predicted molar refractivity (Wildman–Crippen MR) is 57.7 cm³/mol. The number of non-ortho nitro benzene ring substituents is 1. The van der Waals surface area contributed by atoms with Gasteiger partial charge in [0, 0.05) is 24.1 Å². The molecule has 1 aromatic carbocycles. The quantitative estimate of drug-likeness (QED) is 0.466. The number of carbonyl (C=O) groups is 1. The molecule has 0 bridgehead atoms. The summed E-state index contributed by atoms with van der Waals surface area (Å²) in [6.45, 7) is 3.64. The molecular formula is C11H10N2O3. The molecule has 0 unspecified atom stereocenters. The average Bonchev–Trinajstić information content (AvgIpc) is 2.59. The van der Waals surface area contributed by atoms with Crippen LogP contribution >= 0.6 is 0 Å². The van der Waals surface area contributed by atoms with Gasteiger partial charge < -0.3 is 5.32 Å². The van der Waals surface area contributed by atoms with Crippen molar-refractivity contribution in [3.05, 3.63) is 52.1 Å². The second-order valence-electron chi connectivity index (χ2n) is 3.68. The predicted octanol–water partition coefficient (Wildman–Crippen LogP) is 1.71. The van der Waals surface area contributed by atoms with Crippen LogP contribution in [0.5, 0.6) is 0 Å². The van der Waals surface area contributed by atoms with Crippen LogP contribution in [0.4, 0.5) is 5.69 Å². The van der Waals surface area contributed by atoms with E-state index in [-0.39, 0.29) is 17.6 Å². The summed E-state index contributed by atoms with van der Waals surface area (Å²) in [5, 5.41) is 13.2. The van der Waals surface area contributed by atoms with Crippen molar-refractivity contribution in [2.45, 2.75) is 12.5 Å². The Morgan fingerprint density at radius 1 is 1.38 bits per heavy atom. The van der Waals surface area contributed by atoms with Gasteiger partial charge in [0.25, 0.3) is 5.69 Å². The third kappa shape index (κ3) is 1.79. The fourth-order valence-electron chi connectivity index (χ4n) is 1.68. The first kappa shape index (κ1) is 10.4. The van der Waals surface area contributed by atoms with Gasteiger partial charge in [0.05, 0.1) is 11.0 Å². The van der Waals surface area contributed by atoms with E-state index in [2.05, 4.69) is 11.9 Å². The summed E-state index contributed by atoms with van der Waals surface area (Å²) < 4.78 is 0. The van der Waals surface area contributed by atoms with Crippen LogP contribution in [0.25, 0.3) is 0 Å². The molecule has 0 saturated carbocycles. The molecule has 0 aromatic heterocycles. The monoisotopic (exact) mass is 218 g/mol. The summed E-state index contributed by atoms with van der Waals surface area (Å²) in [7, 11) is 0. The van der Waals surface area contributed by atoms with Crippen LogP contribution in [0.15, 0.2) is 36.4 Å². The lowest BCUT2D eigenvalue weighted by Crippen LogP contribution is -2.18. The van der Waals surface area contributed by atoms with E-state index in [0.29, 0.717) is 12.0 Å². The number of benzene rings is 1. The lowest BCUT2D eigenvalue weighted by molar-refractivity contribution is -0.384. The second-order valence-corrected chi connectivity index (χ2v) is 3.68. The molecule has 2 rings (SSSR count). The smallest absolute Gasteiger partial charge is 0.269 e. The van der Waals surface area contributed by atoms with Crippen molar-refractivity contribution in [1.29, 1.82) is 0 Å². The first-order chi connectivity index (χ1) is 7.58. The average molecular weight is 218 g/mol. The van der Waals surface area contributed by atoms with Crippen molar-refractivity contribution in [2.24, 2.45) is 0 Å². The zero-order valence-electron chi connectivity index (χ0n) is 8.47. The molecule has 1 saturated heterocycles. The third-order valence-electron chi connectivity index (χ3n) is 2.58. The zero-order valence-corrected chi connectivity index (χ0v) is 8.47. The largest absolute Gasteiger partial charge is 0.345 e. The van der Waals surface area contributed by atoms with E-state index in [9.17, 15) is 14.9 Å². The van der Waals surface area contributed by atoms with Gasteiger partial charge in [-0.25, -0.2) is 0 Å². The van der Waals surface area contributed by atoms with Crippen LogP contribution in [0.1, 0.15) is 18.0 Å². The molecule has 1 aliphatic heterocycles. The molecule has 16 heavy (non-hydrogen) atoms. The van der Waals surface area contributed by atoms with Gasteiger partial charge in [-0.05, 0) is 5.56 Å². The van der Waals surface area contributed by atoms with Crippen LogP contribution in [0, 0.1) is 10.1 Å². The van der Waals surface area contributed by atoms with E-state index < -0.39 is 4.92 Å². The van der Waals surface area contributed by atoms with Crippen LogP contribution in [0.3, 0.4) is 0 Å². The number of hydrogen-bond acceptors (Lipinski definition) is 3. The van der Waals surface area contributed by atoms with Gasteiger partial charge in [-0.15, -0.1) is 0 Å². The normalized spacial score (nSPS) is 19.6. The number of amides is 1. The Hall–Kier alpha value is -2.17. The SMILES string of the molecule is C=C1C[C@@H](c2ccc([N+](=O)[O-])cc2)NC1=O. The van der Waals surface area contributed by atoms with Crippen molar-refractivity contribution in [2.75, 3.05) is 0 Å². The minimum atomic E-state index is -0.448. The van der Waals surface area contributed by atoms with E-state index in [1.807, 2.05) is 0 Å². The molecule has 1 N–H and O–H groups in total. The lowest BCUT2D eigenvalue weighted by Gasteiger charge is -2.08. The van der Waals surface area contributed by atoms with Gasteiger partial charge in [-0.2, -0.15) is 0 Å². The molecule has 5 nitrogen and oxygen atoms in total. The highest BCUT2D eigenvalue weighted by Gasteiger charge is 2.25. The van der Waals surface area contributed by atoms with Gasteiger partial charge >= 0.3 is 0 Å². The Morgan fingerprint density at radius 3 is 2.44 bits per heavy atom. The number of hydrogen-bond donors (Lipinski definition) is 1.